The number of hydrogen-bond donors (Lipinski definition) is 2. The van der Waals surface area contributed by atoms with Crippen LogP contribution in [0.25, 0.3) is 0 Å². The molecule has 1 atom stereocenters. The van der Waals surface area contributed by atoms with Gasteiger partial charge in [-0.05, 0) is 37.5 Å². The fourth-order valence-corrected chi connectivity index (χ4v) is 2.61. The minimum Gasteiger partial charge on any atom is -0.463 e. The van der Waals surface area contributed by atoms with Crippen LogP contribution in [0.2, 0.25) is 0 Å². The van der Waals surface area contributed by atoms with E-state index >= 15 is 0 Å². The minimum absolute atomic E-state index is 0.202. The summed E-state index contributed by atoms with van der Waals surface area (Å²) in [4.78, 5) is 23.7. The first-order valence-corrected chi connectivity index (χ1v) is 8.14. The zero-order chi connectivity index (χ0) is 16.6. The van der Waals surface area contributed by atoms with Crippen molar-refractivity contribution < 1.29 is 14.7 Å². The number of anilines is 1. The molecule has 1 fully saturated rings. The molecule has 1 aromatic carbocycles. The molecule has 1 heterocycles. The Hall–Kier alpha value is -2.15. The molecule has 0 saturated heterocycles. The van der Waals surface area contributed by atoms with E-state index in [1.807, 2.05) is 24.3 Å². The highest BCUT2D eigenvalue weighted by molar-refractivity contribution is 9.10. The molecule has 1 aromatic heterocycles. The predicted molar refractivity (Wildman–Crippen MR) is 88.8 cm³/mol. The zero-order valence-electron chi connectivity index (χ0n) is 12.5. The summed E-state index contributed by atoms with van der Waals surface area (Å²) in [5.74, 6) is -0.148. The van der Waals surface area contributed by atoms with Gasteiger partial charge >= 0.3 is 6.09 Å². The van der Waals surface area contributed by atoms with Crippen LogP contribution in [-0.2, 0) is 4.79 Å². The lowest BCUT2D eigenvalue weighted by Crippen LogP contribution is -2.22. The van der Waals surface area contributed by atoms with E-state index in [4.69, 9.17) is 0 Å². The van der Waals surface area contributed by atoms with E-state index in [9.17, 15) is 14.7 Å². The molecule has 0 spiro atoms. The molecule has 2 aromatic rings. The molecule has 120 valence electrons. The van der Waals surface area contributed by atoms with Gasteiger partial charge in [-0.2, -0.15) is 5.10 Å². The number of halogens is 1. The lowest BCUT2D eigenvalue weighted by Gasteiger charge is -2.12. The maximum Gasteiger partial charge on any atom is 0.434 e. The van der Waals surface area contributed by atoms with Gasteiger partial charge in [0.2, 0.25) is 5.91 Å². The molecule has 1 saturated carbocycles. The Morgan fingerprint density at radius 3 is 2.57 bits per heavy atom. The van der Waals surface area contributed by atoms with Gasteiger partial charge in [-0.3, -0.25) is 4.79 Å². The number of rotatable bonds is 4. The number of benzene rings is 1. The van der Waals surface area contributed by atoms with Crippen molar-refractivity contribution in [2.45, 2.75) is 31.6 Å². The molecule has 1 aliphatic rings. The average molecular weight is 378 g/mol. The lowest BCUT2D eigenvalue weighted by atomic mass is 10.0. The van der Waals surface area contributed by atoms with Crippen LogP contribution in [0.5, 0.6) is 0 Å². The summed E-state index contributed by atoms with van der Waals surface area (Å²) in [5, 5.41) is 16.0. The number of amides is 1. The van der Waals surface area contributed by atoms with Crippen LogP contribution in [0.1, 0.15) is 42.9 Å². The van der Waals surface area contributed by atoms with Crippen molar-refractivity contribution >= 4 is 33.7 Å². The minimum atomic E-state index is -1.21. The van der Waals surface area contributed by atoms with Gasteiger partial charge in [0.05, 0.1) is 11.6 Å². The predicted octanol–water partition coefficient (Wildman–Crippen LogP) is 3.79. The van der Waals surface area contributed by atoms with Gasteiger partial charge < -0.3 is 10.4 Å². The van der Waals surface area contributed by atoms with Gasteiger partial charge in [0, 0.05) is 16.5 Å². The topological polar surface area (TPSA) is 84.2 Å². The summed E-state index contributed by atoms with van der Waals surface area (Å²) in [6, 6.07) is 9.10. The molecule has 23 heavy (non-hydrogen) atoms. The molecule has 1 aliphatic carbocycles. The van der Waals surface area contributed by atoms with Crippen LogP contribution in [0.4, 0.5) is 10.6 Å². The quantitative estimate of drug-likeness (QED) is 0.848. The van der Waals surface area contributed by atoms with Gasteiger partial charge in [-0.1, -0.05) is 28.1 Å². The number of aromatic nitrogens is 2. The summed E-state index contributed by atoms with van der Waals surface area (Å²) in [7, 11) is 0. The highest BCUT2D eigenvalue weighted by atomic mass is 79.9. The maximum atomic E-state index is 12.4. The van der Waals surface area contributed by atoms with Crippen LogP contribution in [0, 0.1) is 0 Å². The molecule has 0 radical (unpaired) electrons. The highest BCUT2D eigenvalue weighted by Gasteiger charge is 2.29. The van der Waals surface area contributed by atoms with Crippen molar-refractivity contribution in [3.63, 3.8) is 0 Å². The van der Waals surface area contributed by atoms with E-state index in [-0.39, 0.29) is 11.7 Å². The van der Waals surface area contributed by atoms with E-state index in [2.05, 4.69) is 26.3 Å². The second-order valence-corrected chi connectivity index (χ2v) is 6.60. The van der Waals surface area contributed by atoms with Crippen molar-refractivity contribution in [2.75, 3.05) is 5.32 Å². The maximum absolute atomic E-state index is 12.4. The van der Waals surface area contributed by atoms with E-state index in [0.29, 0.717) is 5.92 Å². The largest absolute Gasteiger partial charge is 0.463 e. The molecular weight excluding hydrogens is 362 g/mol. The lowest BCUT2D eigenvalue weighted by molar-refractivity contribution is -0.117. The molecule has 3 rings (SSSR count). The van der Waals surface area contributed by atoms with Crippen molar-refractivity contribution in [1.82, 2.24) is 9.78 Å². The number of nitrogens with one attached hydrogen (secondary N) is 1. The summed E-state index contributed by atoms with van der Waals surface area (Å²) in [6.07, 6.45) is 0.821. The van der Waals surface area contributed by atoms with Crippen LogP contribution >= 0.6 is 15.9 Å². The van der Waals surface area contributed by atoms with Gasteiger partial charge in [-0.15, -0.1) is 4.68 Å². The third-order valence-electron chi connectivity index (χ3n) is 3.92. The van der Waals surface area contributed by atoms with E-state index < -0.39 is 12.0 Å². The summed E-state index contributed by atoms with van der Waals surface area (Å²) in [6.45, 7) is 1.78. The third-order valence-corrected chi connectivity index (χ3v) is 4.45. The number of nitrogens with zero attached hydrogens (tertiary/aromatic N) is 2. The first-order chi connectivity index (χ1) is 11.0. The number of hydrogen-bond acceptors (Lipinski definition) is 3. The Labute approximate surface area is 141 Å². The highest BCUT2D eigenvalue weighted by Crippen LogP contribution is 2.40. The van der Waals surface area contributed by atoms with Crippen LogP contribution in [-0.4, -0.2) is 26.9 Å². The molecule has 7 heteroatoms. The average Bonchev–Trinajstić information content (AvgIpc) is 3.28. The standard InChI is InChI=1S/C16H16BrN3O3/c1-9(10-4-6-12(17)7-5-10)15(21)18-14-8-13(11-2-3-11)19-20(14)16(22)23/h4-9,11H,2-3H2,1H3,(H,18,21)(H,22,23)/t9-/m0/s1. The second-order valence-electron chi connectivity index (χ2n) is 5.69. The molecule has 0 unspecified atom stereocenters. The fourth-order valence-electron chi connectivity index (χ4n) is 2.35. The van der Waals surface area contributed by atoms with Crippen molar-refractivity contribution in [2.24, 2.45) is 0 Å². The molecule has 0 aliphatic heterocycles. The molecule has 2 N–H and O–H groups in total. The van der Waals surface area contributed by atoms with E-state index in [1.54, 1.807) is 13.0 Å². The number of carbonyl (C=O) groups excluding carboxylic acids is 1. The second kappa shape index (κ2) is 6.16. The Balaban J connectivity index is 1.79. The Morgan fingerprint density at radius 2 is 2.00 bits per heavy atom. The zero-order valence-corrected chi connectivity index (χ0v) is 14.1. The Bertz CT molecular complexity index is 750. The molecule has 0 bridgehead atoms. The Kier molecular flexibility index (Phi) is 4.21. The van der Waals surface area contributed by atoms with Crippen molar-refractivity contribution in [3.8, 4) is 0 Å². The first-order valence-electron chi connectivity index (χ1n) is 7.35. The Morgan fingerprint density at radius 1 is 1.35 bits per heavy atom. The molecule has 6 nitrogen and oxygen atoms in total. The third kappa shape index (κ3) is 3.44. The van der Waals surface area contributed by atoms with Crippen molar-refractivity contribution in [3.05, 3.63) is 46.1 Å². The normalized spacial score (nSPS) is 15.2. The van der Waals surface area contributed by atoms with E-state index in [0.717, 1.165) is 33.3 Å². The monoisotopic (exact) mass is 377 g/mol. The van der Waals surface area contributed by atoms with Crippen molar-refractivity contribution in [1.29, 1.82) is 0 Å². The van der Waals surface area contributed by atoms with Crippen LogP contribution < -0.4 is 5.32 Å². The summed E-state index contributed by atoms with van der Waals surface area (Å²) in [5.41, 5.74) is 1.58. The summed E-state index contributed by atoms with van der Waals surface area (Å²) < 4.78 is 1.77. The number of carboxylic acid groups (broad SMARTS) is 1. The van der Waals surface area contributed by atoms with Crippen LogP contribution in [0.3, 0.4) is 0 Å². The van der Waals surface area contributed by atoms with E-state index in [1.165, 1.54) is 0 Å². The van der Waals surface area contributed by atoms with Gasteiger partial charge in [0.15, 0.2) is 0 Å². The van der Waals surface area contributed by atoms with Gasteiger partial charge in [-0.25, -0.2) is 4.79 Å². The van der Waals surface area contributed by atoms with Gasteiger partial charge in [0.1, 0.15) is 5.82 Å². The summed E-state index contributed by atoms with van der Waals surface area (Å²) >= 11 is 3.36. The number of carbonyl (C=O) groups is 2. The fraction of sp³-hybridized carbons (Fsp3) is 0.312. The smallest absolute Gasteiger partial charge is 0.434 e. The van der Waals surface area contributed by atoms with Crippen LogP contribution in [0.15, 0.2) is 34.8 Å². The molecule has 1 amide bonds. The molecular formula is C16H16BrN3O3. The first kappa shape index (κ1) is 15.7. The SMILES string of the molecule is C[C@H](C(=O)Nc1cc(C2CC2)nn1C(=O)O)c1ccc(Br)cc1. The van der Waals surface area contributed by atoms with Gasteiger partial charge in [0.25, 0.3) is 0 Å².